The van der Waals surface area contributed by atoms with Gasteiger partial charge in [0.05, 0.1) is 16.8 Å². The number of halogens is 1. The number of anilines is 2. The van der Waals surface area contributed by atoms with E-state index in [1.165, 1.54) is 12.1 Å². The lowest BCUT2D eigenvalue weighted by molar-refractivity contribution is 0.583. The zero-order valence-electron chi connectivity index (χ0n) is 10.1. The smallest absolute Gasteiger partial charge is 0.262 e. The molecule has 0 unspecified atom stereocenters. The van der Waals surface area contributed by atoms with Crippen molar-refractivity contribution in [1.82, 2.24) is 4.98 Å². The SMILES string of the molecule is Cc1ccc(N)cc1S(=O)(=O)Nc1ccc(F)nc1. The van der Waals surface area contributed by atoms with E-state index in [0.717, 1.165) is 12.3 Å². The Kier molecular flexibility index (Phi) is 3.39. The molecule has 2 aromatic rings. The van der Waals surface area contributed by atoms with Gasteiger partial charge >= 0.3 is 0 Å². The Labute approximate surface area is 110 Å². The first-order chi connectivity index (χ1) is 8.88. The topological polar surface area (TPSA) is 85.1 Å². The molecule has 0 spiro atoms. The maximum Gasteiger partial charge on any atom is 0.262 e. The third-order valence-corrected chi connectivity index (χ3v) is 4.00. The molecule has 0 aliphatic heterocycles. The number of pyridine rings is 1. The van der Waals surface area contributed by atoms with E-state index in [1.54, 1.807) is 19.1 Å². The van der Waals surface area contributed by atoms with Gasteiger partial charge in [0.2, 0.25) is 5.95 Å². The normalized spacial score (nSPS) is 11.3. The predicted molar refractivity (Wildman–Crippen MR) is 70.6 cm³/mol. The minimum absolute atomic E-state index is 0.0804. The Balaban J connectivity index is 2.37. The number of sulfonamides is 1. The molecule has 0 aliphatic carbocycles. The van der Waals surface area contributed by atoms with Crippen molar-refractivity contribution in [3.05, 3.63) is 48.0 Å². The third-order valence-electron chi connectivity index (χ3n) is 2.48. The molecule has 0 amide bonds. The first kappa shape index (κ1) is 13.3. The summed E-state index contributed by atoms with van der Waals surface area (Å²) >= 11 is 0. The van der Waals surface area contributed by atoms with E-state index < -0.39 is 16.0 Å². The van der Waals surface area contributed by atoms with Crippen molar-refractivity contribution in [3.63, 3.8) is 0 Å². The monoisotopic (exact) mass is 281 g/mol. The second kappa shape index (κ2) is 4.85. The second-order valence-electron chi connectivity index (χ2n) is 4.00. The fraction of sp³-hybridized carbons (Fsp3) is 0.0833. The number of nitrogens with one attached hydrogen (secondary N) is 1. The van der Waals surface area contributed by atoms with Crippen molar-refractivity contribution in [2.75, 3.05) is 10.5 Å². The van der Waals surface area contributed by atoms with Crippen LogP contribution in [-0.2, 0) is 10.0 Å². The van der Waals surface area contributed by atoms with Crippen LogP contribution in [0.2, 0.25) is 0 Å². The van der Waals surface area contributed by atoms with E-state index in [4.69, 9.17) is 5.73 Å². The van der Waals surface area contributed by atoms with Crippen LogP contribution in [0.25, 0.3) is 0 Å². The van der Waals surface area contributed by atoms with Crippen molar-refractivity contribution in [3.8, 4) is 0 Å². The van der Waals surface area contributed by atoms with Crippen molar-refractivity contribution in [1.29, 1.82) is 0 Å². The van der Waals surface area contributed by atoms with Gasteiger partial charge in [-0.3, -0.25) is 4.72 Å². The summed E-state index contributed by atoms with van der Waals surface area (Å²) in [5, 5.41) is 0. The van der Waals surface area contributed by atoms with Crippen LogP contribution in [-0.4, -0.2) is 13.4 Å². The number of aromatic nitrogens is 1. The fourth-order valence-corrected chi connectivity index (χ4v) is 2.88. The molecule has 0 bridgehead atoms. The minimum Gasteiger partial charge on any atom is -0.399 e. The molecule has 0 fully saturated rings. The zero-order chi connectivity index (χ0) is 14.0. The summed E-state index contributed by atoms with van der Waals surface area (Å²) in [6.07, 6.45) is 1.11. The van der Waals surface area contributed by atoms with E-state index in [2.05, 4.69) is 9.71 Å². The lowest BCUT2D eigenvalue weighted by atomic mass is 10.2. The molecular formula is C12H12FN3O2S. The number of nitrogen functional groups attached to an aromatic ring is 1. The average Bonchev–Trinajstić information content (AvgIpc) is 2.35. The maximum atomic E-state index is 12.7. The highest BCUT2D eigenvalue weighted by molar-refractivity contribution is 7.92. The van der Waals surface area contributed by atoms with Crippen LogP contribution >= 0.6 is 0 Å². The van der Waals surface area contributed by atoms with Crippen LogP contribution in [0.4, 0.5) is 15.8 Å². The van der Waals surface area contributed by atoms with Crippen molar-refractivity contribution >= 4 is 21.4 Å². The Morgan fingerprint density at radius 1 is 1.26 bits per heavy atom. The number of aryl methyl sites for hydroxylation is 1. The van der Waals surface area contributed by atoms with Gasteiger partial charge < -0.3 is 5.73 Å². The molecule has 0 radical (unpaired) electrons. The average molecular weight is 281 g/mol. The molecule has 0 saturated carbocycles. The third kappa shape index (κ3) is 3.00. The summed E-state index contributed by atoms with van der Waals surface area (Å²) in [5.74, 6) is -0.678. The molecule has 0 aliphatic rings. The van der Waals surface area contributed by atoms with E-state index in [0.29, 0.717) is 11.3 Å². The Morgan fingerprint density at radius 3 is 2.63 bits per heavy atom. The van der Waals surface area contributed by atoms with Crippen LogP contribution in [0.15, 0.2) is 41.4 Å². The van der Waals surface area contributed by atoms with Crippen molar-refractivity contribution in [2.24, 2.45) is 0 Å². The van der Waals surface area contributed by atoms with Gasteiger partial charge in [-0.05, 0) is 36.8 Å². The molecule has 7 heteroatoms. The molecule has 19 heavy (non-hydrogen) atoms. The molecule has 5 nitrogen and oxygen atoms in total. The van der Waals surface area contributed by atoms with Crippen LogP contribution < -0.4 is 10.5 Å². The quantitative estimate of drug-likeness (QED) is 0.665. The van der Waals surface area contributed by atoms with Crippen LogP contribution in [0.1, 0.15) is 5.56 Å². The number of hydrogen-bond acceptors (Lipinski definition) is 4. The zero-order valence-corrected chi connectivity index (χ0v) is 10.9. The Morgan fingerprint density at radius 2 is 2.00 bits per heavy atom. The van der Waals surface area contributed by atoms with E-state index in [1.807, 2.05) is 0 Å². The van der Waals surface area contributed by atoms with Crippen molar-refractivity contribution < 1.29 is 12.8 Å². The number of nitrogens with zero attached hydrogens (tertiary/aromatic N) is 1. The highest BCUT2D eigenvalue weighted by Crippen LogP contribution is 2.21. The van der Waals surface area contributed by atoms with Gasteiger partial charge in [0.25, 0.3) is 10.0 Å². The van der Waals surface area contributed by atoms with Gasteiger partial charge in [-0.25, -0.2) is 13.4 Å². The fourth-order valence-electron chi connectivity index (χ4n) is 1.55. The van der Waals surface area contributed by atoms with Gasteiger partial charge in [0.15, 0.2) is 0 Å². The maximum absolute atomic E-state index is 12.7. The van der Waals surface area contributed by atoms with E-state index in [9.17, 15) is 12.8 Å². The van der Waals surface area contributed by atoms with Crippen LogP contribution in [0, 0.1) is 12.9 Å². The lowest BCUT2D eigenvalue weighted by Gasteiger charge is -2.10. The molecule has 0 saturated heterocycles. The second-order valence-corrected chi connectivity index (χ2v) is 5.65. The van der Waals surface area contributed by atoms with Crippen LogP contribution in [0.5, 0.6) is 0 Å². The van der Waals surface area contributed by atoms with Gasteiger partial charge in [-0.15, -0.1) is 0 Å². The largest absolute Gasteiger partial charge is 0.399 e. The summed E-state index contributed by atoms with van der Waals surface area (Å²) < 4.78 is 39.3. The number of hydrogen-bond donors (Lipinski definition) is 2. The Hall–Kier alpha value is -2.15. The molecular weight excluding hydrogens is 269 g/mol. The highest BCUT2D eigenvalue weighted by Gasteiger charge is 2.17. The van der Waals surface area contributed by atoms with Gasteiger partial charge in [-0.2, -0.15) is 4.39 Å². The number of rotatable bonds is 3. The Bertz CT molecular complexity index is 699. The molecule has 0 atom stereocenters. The van der Waals surface area contributed by atoms with E-state index in [-0.39, 0.29) is 10.6 Å². The molecule has 3 N–H and O–H groups in total. The van der Waals surface area contributed by atoms with Crippen LogP contribution in [0.3, 0.4) is 0 Å². The molecule has 1 aromatic heterocycles. The minimum atomic E-state index is -3.77. The molecule has 100 valence electrons. The van der Waals surface area contributed by atoms with Gasteiger partial charge in [-0.1, -0.05) is 6.07 Å². The predicted octanol–water partition coefficient (Wildman–Crippen LogP) is 1.91. The summed E-state index contributed by atoms with van der Waals surface area (Å²) in [6, 6.07) is 6.97. The summed E-state index contributed by atoms with van der Waals surface area (Å²) in [5.41, 5.74) is 6.68. The molecule has 2 rings (SSSR count). The summed E-state index contributed by atoms with van der Waals surface area (Å²) in [7, 11) is -3.77. The first-order valence-corrected chi connectivity index (χ1v) is 6.87. The number of nitrogens with two attached hydrogens (primary N) is 1. The lowest BCUT2D eigenvalue weighted by Crippen LogP contribution is -2.14. The number of benzene rings is 1. The highest BCUT2D eigenvalue weighted by atomic mass is 32.2. The summed E-state index contributed by atoms with van der Waals surface area (Å²) in [4.78, 5) is 3.46. The molecule has 1 heterocycles. The van der Waals surface area contributed by atoms with Gasteiger partial charge in [0, 0.05) is 5.69 Å². The summed E-state index contributed by atoms with van der Waals surface area (Å²) in [6.45, 7) is 1.66. The molecule has 1 aromatic carbocycles. The van der Waals surface area contributed by atoms with Gasteiger partial charge in [0.1, 0.15) is 0 Å². The first-order valence-electron chi connectivity index (χ1n) is 5.39. The van der Waals surface area contributed by atoms with E-state index >= 15 is 0 Å². The van der Waals surface area contributed by atoms with Crippen molar-refractivity contribution in [2.45, 2.75) is 11.8 Å². The standard InChI is InChI=1S/C12H12FN3O2S/c1-8-2-3-9(14)6-11(8)19(17,18)16-10-4-5-12(13)15-7-10/h2-7,16H,14H2,1H3.